The molecule has 1 aliphatic heterocycles. The van der Waals surface area contributed by atoms with Crippen molar-refractivity contribution < 1.29 is 27.9 Å². The Morgan fingerprint density at radius 2 is 1.54 bits per heavy atom. The van der Waals surface area contributed by atoms with Crippen molar-refractivity contribution in [1.82, 2.24) is 0 Å². The number of ether oxygens (including phenoxy) is 1. The summed E-state index contributed by atoms with van der Waals surface area (Å²) in [5.41, 5.74) is -0.686. The molecule has 0 bridgehead atoms. The predicted octanol–water partition coefficient (Wildman–Crippen LogP) is 4.10. The van der Waals surface area contributed by atoms with Gasteiger partial charge in [0, 0.05) is 35.2 Å². The van der Waals surface area contributed by atoms with Crippen LogP contribution in [-0.4, -0.2) is 39.5 Å². The molecule has 1 atom stereocenters. The van der Waals surface area contributed by atoms with Crippen molar-refractivity contribution in [3.8, 4) is 11.5 Å². The van der Waals surface area contributed by atoms with E-state index in [2.05, 4.69) is 10.0 Å². The molecule has 198 valence electrons. The van der Waals surface area contributed by atoms with Crippen molar-refractivity contribution in [2.24, 2.45) is 0 Å². The standard InChI is InChI=1S/C29H25N3O6S/c1-32-25-11-7-6-10-23(25)29(28(32)35,27(34)30-19-8-4-3-5-9-19)24-18-20(12-17-26(24)33)31-39(36,37)22-15-13-21(38-2)14-16-22/h3-18,31,33H,1-2H3,(H,30,34)/t29-/m0/s1. The average Bonchev–Trinajstić information content (AvgIpc) is 3.17. The third-order valence-corrected chi connectivity index (χ3v) is 8.09. The van der Waals surface area contributed by atoms with Gasteiger partial charge in [0.05, 0.1) is 12.0 Å². The Bertz CT molecular complexity index is 1670. The highest BCUT2D eigenvalue weighted by Gasteiger charge is 2.58. The van der Waals surface area contributed by atoms with Crippen molar-refractivity contribution in [2.75, 3.05) is 29.1 Å². The van der Waals surface area contributed by atoms with Crippen LogP contribution in [0.25, 0.3) is 0 Å². The zero-order valence-corrected chi connectivity index (χ0v) is 21.9. The van der Waals surface area contributed by atoms with E-state index >= 15 is 0 Å². The highest BCUT2D eigenvalue weighted by molar-refractivity contribution is 7.92. The fourth-order valence-corrected chi connectivity index (χ4v) is 5.83. The summed E-state index contributed by atoms with van der Waals surface area (Å²) in [4.78, 5) is 29.4. The molecule has 3 N–H and O–H groups in total. The maximum atomic E-state index is 14.1. The molecule has 39 heavy (non-hydrogen) atoms. The first kappa shape index (κ1) is 25.8. The summed E-state index contributed by atoms with van der Waals surface area (Å²) in [7, 11) is -1.02. The Labute approximate surface area is 225 Å². The van der Waals surface area contributed by atoms with E-state index in [9.17, 15) is 23.1 Å². The second-order valence-electron chi connectivity index (χ2n) is 8.96. The van der Waals surface area contributed by atoms with Crippen LogP contribution < -0.4 is 19.7 Å². The number of sulfonamides is 1. The molecule has 10 heteroatoms. The lowest BCUT2D eigenvalue weighted by molar-refractivity contribution is -0.130. The van der Waals surface area contributed by atoms with Gasteiger partial charge in [0.1, 0.15) is 11.5 Å². The van der Waals surface area contributed by atoms with Crippen LogP contribution in [0.1, 0.15) is 11.1 Å². The Morgan fingerprint density at radius 3 is 2.23 bits per heavy atom. The monoisotopic (exact) mass is 543 g/mol. The summed E-state index contributed by atoms with van der Waals surface area (Å²) in [6.45, 7) is 0. The van der Waals surface area contributed by atoms with Gasteiger partial charge in [-0.05, 0) is 60.7 Å². The Hall–Kier alpha value is -4.83. The molecule has 0 saturated heterocycles. The molecule has 0 aliphatic carbocycles. The van der Waals surface area contributed by atoms with Gasteiger partial charge >= 0.3 is 0 Å². The normalized spacial score (nSPS) is 16.5. The Morgan fingerprint density at radius 1 is 0.872 bits per heavy atom. The van der Waals surface area contributed by atoms with Gasteiger partial charge in [0.15, 0.2) is 5.41 Å². The van der Waals surface area contributed by atoms with Gasteiger partial charge in [-0.15, -0.1) is 0 Å². The van der Waals surface area contributed by atoms with Crippen LogP contribution in [-0.2, 0) is 25.0 Å². The van der Waals surface area contributed by atoms with E-state index in [1.807, 2.05) is 0 Å². The number of rotatable bonds is 7. The quantitative estimate of drug-likeness (QED) is 0.238. The first-order chi connectivity index (χ1) is 18.7. The van der Waals surface area contributed by atoms with Crippen molar-refractivity contribution >= 4 is 38.9 Å². The lowest BCUT2D eigenvalue weighted by Crippen LogP contribution is -2.49. The lowest BCUT2D eigenvalue weighted by atomic mass is 9.73. The molecule has 1 heterocycles. The number of nitrogens with one attached hydrogen (secondary N) is 2. The van der Waals surface area contributed by atoms with Crippen LogP contribution in [0.15, 0.2) is 102 Å². The smallest absolute Gasteiger partial charge is 0.261 e. The fourth-order valence-electron chi connectivity index (χ4n) is 4.78. The number of amides is 2. The Balaban J connectivity index is 1.64. The van der Waals surface area contributed by atoms with Crippen molar-refractivity contribution in [3.63, 3.8) is 0 Å². The van der Waals surface area contributed by atoms with Gasteiger partial charge in [-0.3, -0.25) is 14.3 Å². The second-order valence-corrected chi connectivity index (χ2v) is 10.6. The average molecular weight is 544 g/mol. The zero-order valence-electron chi connectivity index (χ0n) is 21.1. The van der Waals surface area contributed by atoms with Crippen LogP contribution in [0, 0.1) is 0 Å². The van der Waals surface area contributed by atoms with Crippen LogP contribution in [0.4, 0.5) is 17.1 Å². The molecule has 4 aromatic rings. The van der Waals surface area contributed by atoms with Crippen molar-refractivity contribution in [2.45, 2.75) is 10.3 Å². The first-order valence-electron chi connectivity index (χ1n) is 11.9. The molecule has 0 aromatic heterocycles. The maximum Gasteiger partial charge on any atom is 0.261 e. The van der Waals surface area contributed by atoms with E-state index in [-0.39, 0.29) is 21.9 Å². The number of anilines is 3. The van der Waals surface area contributed by atoms with Crippen LogP contribution in [0.3, 0.4) is 0 Å². The third-order valence-electron chi connectivity index (χ3n) is 6.69. The van der Waals surface area contributed by atoms with Crippen LogP contribution in [0.2, 0.25) is 0 Å². The third kappa shape index (κ3) is 4.34. The largest absolute Gasteiger partial charge is 0.508 e. The number of methoxy groups -OCH3 is 1. The van der Waals surface area contributed by atoms with Gasteiger partial charge in [-0.25, -0.2) is 8.42 Å². The van der Waals surface area contributed by atoms with Gasteiger partial charge in [0.2, 0.25) is 5.91 Å². The summed E-state index contributed by atoms with van der Waals surface area (Å²) < 4.78 is 33.8. The highest BCUT2D eigenvalue weighted by Crippen LogP contribution is 2.49. The molecule has 1 aliphatic rings. The minimum Gasteiger partial charge on any atom is -0.508 e. The summed E-state index contributed by atoms with van der Waals surface area (Å²) in [6, 6.07) is 25.2. The number of aromatic hydroxyl groups is 1. The van der Waals surface area contributed by atoms with Gasteiger partial charge in [0.25, 0.3) is 15.9 Å². The molecule has 0 radical (unpaired) electrons. The topological polar surface area (TPSA) is 125 Å². The van der Waals surface area contributed by atoms with Crippen molar-refractivity contribution in [3.05, 3.63) is 108 Å². The van der Waals surface area contributed by atoms with Gasteiger partial charge in [-0.2, -0.15) is 0 Å². The zero-order chi connectivity index (χ0) is 27.8. The molecule has 0 spiro atoms. The van der Waals surface area contributed by atoms with E-state index < -0.39 is 27.3 Å². The van der Waals surface area contributed by atoms with Gasteiger partial charge < -0.3 is 20.1 Å². The molecular weight excluding hydrogens is 518 g/mol. The van der Waals surface area contributed by atoms with Crippen LogP contribution in [0.5, 0.6) is 11.5 Å². The minimum atomic E-state index is -4.05. The van der Waals surface area contributed by atoms with E-state index in [4.69, 9.17) is 4.74 Å². The molecule has 0 unspecified atom stereocenters. The van der Waals surface area contributed by atoms with Crippen LogP contribution >= 0.6 is 0 Å². The molecule has 9 nitrogen and oxygen atoms in total. The molecule has 0 saturated carbocycles. The fraction of sp³-hybridized carbons (Fsp3) is 0.103. The minimum absolute atomic E-state index is 0.0171. The summed E-state index contributed by atoms with van der Waals surface area (Å²) in [6.07, 6.45) is 0. The van der Waals surface area contributed by atoms with E-state index in [1.165, 1.54) is 54.5 Å². The Kier molecular flexibility index (Phi) is 6.49. The molecule has 4 aromatic carbocycles. The number of nitrogens with zero attached hydrogens (tertiary/aromatic N) is 1. The van der Waals surface area contributed by atoms with E-state index in [1.54, 1.807) is 61.6 Å². The first-order valence-corrected chi connectivity index (χ1v) is 13.4. The number of hydrogen-bond donors (Lipinski definition) is 3. The summed E-state index contributed by atoms with van der Waals surface area (Å²) in [5.74, 6) is -1.14. The number of para-hydroxylation sites is 2. The summed E-state index contributed by atoms with van der Waals surface area (Å²) >= 11 is 0. The molecular formula is C29H25N3O6S. The number of benzene rings is 4. The van der Waals surface area contributed by atoms with Gasteiger partial charge in [-0.1, -0.05) is 36.4 Å². The number of hydrogen-bond acceptors (Lipinski definition) is 6. The lowest BCUT2D eigenvalue weighted by Gasteiger charge is -2.29. The number of phenols is 1. The molecule has 0 fully saturated rings. The number of likely N-dealkylation sites (N-methyl/N-ethyl adjacent to an activating group) is 1. The highest BCUT2D eigenvalue weighted by atomic mass is 32.2. The molecule has 5 rings (SSSR count). The van der Waals surface area contributed by atoms with E-state index in [0.29, 0.717) is 22.7 Å². The maximum absolute atomic E-state index is 14.1. The number of fused-ring (bicyclic) bond motifs is 1. The van der Waals surface area contributed by atoms with E-state index in [0.717, 1.165) is 0 Å². The number of carbonyl (C=O) groups excluding carboxylic acids is 2. The molecule has 2 amide bonds. The SMILES string of the molecule is COc1ccc(S(=O)(=O)Nc2ccc(O)c([C@@]3(C(=O)Nc4ccccc4)C(=O)N(C)c4ccccc43)c2)cc1. The number of carbonyl (C=O) groups is 2. The number of phenolic OH excluding ortho intramolecular Hbond substituents is 1. The van der Waals surface area contributed by atoms with Crippen molar-refractivity contribution in [1.29, 1.82) is 0 Å². The predicted molar refractivity (Wildman–Crippen MR) is 148 cm³/mol. The second kappa shape index (κ2) is 9.80. The summed E-state index contributed by atoms with van der Waals surface area (Å²) in [5, 5.41) is 13.8.